The fourth-order valence-corrected chi connectivity index (χ4v) is 1.79. The third-order valence-electron chi connectivity index (χ3n) is 2.53. The summed E-state index contributed by atoms with van der Waals surface area (Å²) in [5.41, 5.74) is 1.51. The van der Waals surface area contributed by atoms with Crippen LogP contribution in [0.5, 0.6) is 0 Å². The second kappa shape index (κ2) is 5.22. The highest BCUT2D eigenvalue weighted by Crippen LogP contribution is 2.22. The maximum absolute atomic E-state index is 12.0. The second-order valence-electron chi connectivity index (χ2n) is 5.64. The zero-order valence-electron chi connectivity index (χ0n) is 11.4. The Bertz CT molecular complexity index is 555. The van der Waals surface area contributed by atoms with E-state index in [1.807, 2.05) is 45.0 Å². The van der Waals surface area contributed by atoms with Gasteiger partial charge in [0.1, 0.15) is 12.7 Å². The van der Waals surface area contributed by atoms with Gasteiger partial charge in [-0.25, -0.2) is 9.67 Å². The molecule has 0 radical (unpaired) electrons. The van der Waals surface area contributed by atoms with Crippen LogP contribution in [0.15, 0.2) is 36.9 Å². The molecule has 1 heterocycles. The van der Waals surface area contributed by atoms with Crippen molar-refractivity contribution >= 4 is 11.6 Å². The minimum absolute atomic E-state index is 0.0000605. The molecule has 0 bridgehead atoms. The number of anilines is 1. The third-order valence-corrected chi connectivity index (χ3v) is 2.53. The summed E-state index contributed by atoms with van der Waals surface area (Å²) in [7, 11) is 0. The summed E-state index contributed by atoms with van der Waals surface area (Å²) in [5.74, 6) is 0.0000605. The molecule has 100 valence electrons. The number of rotatable bonds is 3. The standard InChI is InChI=1S/C14H18N4O/c1-14(2,3)8-13(19)17-11-6-4-5-7-12(11)18-10-15-9-16-18/h4-7,9-10H,8H2,1-3H3,(H,17,19). The molecule has 0 unspecified atom stereocenters. The van der Waals surface area contributed by atoms with Crippen LogP contribution in [0.25, 0.3) is 5.69 Å². The Morgan fingerprint density at radius 2 is 2.05 bits per heavy atom. The maximum atomic E-state index is 12.0. The summed E-state index contributed by atoms with van der Waals surface area (Å²) in [4.78, 5) is 15.9. The molecule has 0 saturated carbocycles. The molecule has 0 fully saturated rings. The van der Waals surface area contributed by atoms with Crippen LogP contribution in [0, 0.1) is 5.41 Å². The largest absolute Gasteiger partial charge is 0.324 e. The smallest absolute Gasteiger partial charge is 0.224 e. The van der Waals surface area contributed by atoms with Crippen molar-refractivity contribution in [3.05, 3.63) is 36.9 Å². The van der Waals surface area contributed by atoms with Gasteiger partial charge >= 0.3 is 0 Å². The Labute approximate surface area is 112 Å². The van der Waals surface area contributed by atoms with E-state index in [1.54, 1.807) is 11.0 Å². The van der Waals surface area contributed by atoms with Gasteiger partial charge in [-0.05, 0) is 17.5 Å². The Hall–Kier alpha value is -2.17. The van der Waals surface area contributed by atoms with Gasteiger partial charge in [0.05, 0.1) is 11.4 Å². The number of carbonyl (C=O) groups excluding carboxylic acids is 1. The van der Waals surface area contributed by atoms with Crippen LogP contribution < -0.4 is 5.32 Å². The Morgan fingerprint density at radius 1 is 1.32 bits per heavy atom. The molecule has 1 aromatic heterocycles. The van der Waals surface area contributed by atoms with Gasteiger partial charge in [-0.1, -0.05) is 32.9 Å². The first kappa shape index (κ1) is 13.3. The van der Waals surface area contributed by atoms with Crippen molar-refractivity contribution in [3.63, 3.8) is 0 Å². The van der Waals surface area contributed by atoms with Crippen LogP contribution in [0.1, 0.15) is 27.2 Å². The summed E-state index contributed by atoms with van der Waals surface area (Å²) in [6.07, 6.45) is 3.54. The molecule has 19 heavy (non-hydrogen) atoms. The molecule has 5 nitrogen and oxygen atoms in total. The monoisotopic (exact) mass is 258 g/mol. The quantitative estimate of drug-likeness (QED) is 0.920. The molecule has 1 N–H and O–H groups in total. The first-order chi connectivity index (χ1) is 8.96. The van der Waals surface area contributed by atoms with Gasteiger partial charge in [0.25, 0.3) is 0 Å². The number of para-hydroxylation sites is 2. The molecule has 2 aromatic rings. The molecule has 0 saturated heterocycles. The highest BCUT2D eigenvalue weighted by Gasteiger charge is 2.17. The molecule has 2 rings (SSSR count). The number of nitrogens with zero attached hydrogens (tertiary/aromatic N) is 3. The van der Waals surface area contributed by atoms with Gasteiger partial charge < -0.3 is 5.32 Å². The first-order valence-electron chi connectivity index (χ1n) is 6.19. The normalized spacial score (nSPS) is 11.3. The molecule has 5 heteroatoms. The van der Waals surface area contributed by atoms with E-state index in [2.05, 4.69) is 15.4 Å². The number of amides is 1. The lowest BCUT2D eigenvalue weighted by Gasteiger charge is -2.18. The van der Waals surface area contributed by atoms with E-state index in [-0.39, 0.29) is 11.3 Å². The summed E-state index contributed by atoms with van der Waals surface area (Å²) in [5, 5.41) is 7.01. The van der Waals surface area contributed by atoms with Gasteiger partial charge in [0, 0.05) is 6.42 Å². The summed E-state index contributed by atoms with van der Waals surface area (Å²) < 4.78 is 1.63. The zero-order valence-corrected chi connectivity index (χ0v) is 11.4. The number of benzene rings is 1. The SMILES string of the molecule is CC(C)(C)CC(=O)Nc1ccccc1-n1cncn1. The maximum Gasteiger partial charge on any atom is 0.224 e. The molecule has 0 aliphatic rings. The summed E-state index contributed by atoms with van der Waals surface area (Å²) >= 11 is 0. The zero-order chi connectivity index (χ0) is 13.9. The lowest BCUT2D eigenvalue weighted by molar-refractivity contribution is -0.117. The van der Waals surface area contributed by atoms with E-state index in [0.29, 0.717) is 6.42 Å². The van der Waals surface area contributed by atoms with Gasteiger partial charge in [-0.3, -0.25) is 4.79 Å². The lowest BCUT2D eigenvalue weighted by Crippen LogP contribution is -2.20. The predicted molar refractivity (Wildman–Crippen MR) is 74.1 cm³/mol. The summed E-state index contributed by atoms with van der Waals surface area (Å²) in [6, 6.07) is 7.53. The molecule has 0 spiro atoms. The Kier molecular flexibility index (Phi) is 3.64. The molecular weight excluding hydrogens is 240 g/mol. The van der Waals surface area contributed by atoms with E-state index in [1.165, 1.54) is 6.33 Å². The molecule has 1 amide bonds. The van der Waals surface area contributed by atoms with Gasteiger partial charge in [0.2, 0.25) is 5.91 Å². The van der Waals surface area contributed by atoms with E-state index < -0.39 is 0 Å². The topological polar surface area (TPSA) is 59.8 Å². The minimum Gasteiger partial charge on any atom is -0.324 e. The second-order valence-corrected chi connectivity index (χ2v) is 5.64. The minimum atomic E-state index is -0.0354. The van der Waals surface area contributed by atoms with Crippen molar-refractivity contribution in [1.82, 2.24) is 14.8 Å². The highest BCUT2D eigenvalue weighted by molar-refractivity contribution is 5.93. The number of carbonyl (C=O) groups is 1. The van der Waals surface area contributed by atoms with Gasteiger partial charge in [-0.2, -0.15) is 5.10 Å². The molecule has 0 aliphatic heterocycles. The van der Waals surface area contributed by atoms with Crippen molar-refractivity contribution in [1.29, 1.82) is 0 Å². The molecule has 1 aromatic carbocycles. The number of hydrogen-bond donors (Lipinski definition) is 1. The van der Waals surface area contributed by atoms with E-state index in [0.717, 1.165) is 11.4 Å². The van der Waals surface area contributed by atoms with E-state index in [4.69, 9.17) is 0 Å². The third kappa shape index (κ3) is 3.64. The number of aromatic nitrogens is 3. The van der Waals surface area contributed by atoms with Crippen LogP contribution in [-0.4, -0.2) is 20.7 Å². The average Bonchev–Trinajstić information content (AvgIpc) is 2.80. The molecular formula is C14H18N4O. The highest BCUT2D eigenvalue weighted by atomic mass is 16.1. The van der Waals surface area contributed by atoms with Gasteiger partial charge in [-0.15, -0.1) is 0 Å². The van der Waals surface area contributed by atoms with E-state index >= 15 is 0 Å². The van der Waals surface area contributed by atoms with Crippen LogP contribution in [0.4, 0.5) is 5.69 Å². The Balaban J connectivity index is 2.20. The first-order valence-corrected chi connectivity index (χ1v) is 6.19. The van der Waals surface area contributed by atoms with Crippen LogP contribution in [0.2, 0.25) is 0 Å². The van der Waals surface area contributed by atoms with Crippen molar-refractivity contribution in [3.8, 4) is 5.69 Å². The fourth-order valence-electron chi connectivity index (χ4n) is 1.79. The van der Waals surface area contributed by atoms with Gasteiger partial charge in [0.15, 0.2) is 0 Å². The summed E-state index contributed by atoms with van der Waals surface area (Å²) in [6.45, 7) is 6.11. The fraction of sp³-hybridized carbons (Fsp3) is 0.357. The molecule has 0 aliphatic carbocycles. The molecule has 0 atom stereocenters. The van der Waals surface area contributed by atoms with Crippen LogP contribution >= 0.6 is 0 Å². The van der Waals surface area contributed by atoms with Crippen molar-refractivity contribution < 1.29 is 4.79 Å². The van der Waals surface area contributed by atoms with Crippen molar-refractivity contribution in [2.45, 2.75) is 27.2 Å². The number of hydrogen-bond acceptors (Lipinski definition) is 3. The van der Waals surface area contributed by atoms with E-state index in [9.17, 15) is 4.79 Å². The van der Waals surface area contributed by atoms with Crippen LogP contribution in [-0.2, 0) is 4.79 Å². The van der Waals surface area contributed by atoms with Crippen molar-refractivity contribution in [2.24, 2.45) is 5.41 Å². The average molecular weight is 258 g/mol. The number of nitrogens with one attached hydrogen (secondary N) is 1. The predicted octanol–water partition coefficient (Wildman–Crippen LogP) is 2.64. The lowest BCUT2D eigenvalue weighted by atomic mass is 9.92. The van der Waals surface area contributed by atoms with Crippen LogP contribution in [0.3, 0.4) is 0 Å². The Morgan fingerprint density at radius 3 is 2.68 bits per heavy atom. The van der Waals surface area contributed by atoms with Crippen molar-refractivity contribution in [2.75, 3.05) is 5.32 Å².